The summed E-state index contributed by atoms with van der Waals surface area (Å²) in [6.45, 7) is 1.54. The number of para-hydroxylation sites is 2. The third kappa shape index (κ3) is 4.97. The molecule has 5 rings (SSSR count). The molecule has 4 heteroatoms. The van der Waals surface area contributed by atoms with Crippen molar-refractivity contribution in [3.63, 3.8) is 0 Å². The maximum absolute atomic E-state index is 12.5. The summed E-state index contributed by atoms with van der Waals surface area (Å²) in [5.74, 6) is 0.443. The zero-order valence-corrected chi connectivity index (χ0v) is 19.4. The van der Waals surface area contributed by atoms with Gasteiger partial charge in [-0.2, -0.15) is 0 Å². The summed E-state index contributed by atoms with van der Waals surface area (Å²) in [4.78, 5) is 12.5. The van der Waals surface area contributed by atoms with Gasteiger partial charge in [-0.25, -0.2) is 0 Å². The molecule has 0 saturated heterocycles. The highest BCUT2D eigenvalue weighted by Gasteiger charge is 2.09. The van der Waals surface area contributed by atoms with Crippen LogP contribution in [0.5, 0.6) is 5.75 Å². The number of allylic oxidation sites excluding steroid dienone is 1. The van der Waals surface area contributed by atoms with Crippen LogP contribution in [0.25, 0.3) is 27.6 Å². The topological polar surface area (TPSA) is 51.5 Å². The Morgan fingerprint density at radius 3 is 1.97 bits per heavy atom. The number of ketones is 1. The van der Waals surface area contributed by atoms with E-state index in [4.69, 9.17) is 4.74 Å². The van der Waals surface area contributed by atoms with E-state index in [0.717, 1.165) is 25.1 Å². The van der Waals surface area contributed by atoms with Crippen LogP contribution < -0.4 is 4.74 Å². The number of aromatic nitrogens is 1. The van der Waals surface area contributed by atoms with Crippen molar-refractivity contribution in [1.29, 1.82) is 0 Å². The van der Waals surface area contributed by atoms with Crippen LogP contribution in [0.2, 0.25) is 0 Å². The van der Waals surface area contributed by atoms with Crippen molar-refractivity contribution in [2.75, 3.05) is 6.61 Å². The van der Waals surface area contributed by atoms with Crippen LogP contribution in [0.4, 0.5) is 0 Å². The Labute approximate surface area is 204 Å². The molecule has 174 valence electrons. The second kappa shape index (κ2) is 10.3. The van der Waals surface area contributed by atoms with E-state index in [1.54, 1.807) is 36.4 Å². The Hall–Kier alpha value is -4.31. The van der Waals surface area contributed by atoms with Crippen molar-refractivity contribution in [2.24, 2.45) is 0 Å². The van der Waals surface area contributed by atoms with Crippen LogP contribution in [-0.2, 0) is 6.54 Å². The Morgan fingerprint density at radius 2 is 1.31 bits per heavy atom. The number of aliphatic hydroxyl groups excluding tert-OH is 1. The maximum Gasteiger partial charge on any atom is 0.189 e. The normalized spacial score (nSPS) is 11.7. The van der Waals surface area contributed by atoms with Crippen LogP contribution in [-0.4, -0.2) is 22.1 Å². The molecule has 4 nitrogen and oxygen atoms in total. The highest BCUT2D eigenvalue weighted by Crippen LogP contribution is 2.29. The van der Waals surface area contributed by atoms with Crippen molar-refractivity contribution in [3.8, 4) is 5.75 Å². The Morgan fingerprint density at radius 1 is 0.714 bits per heavy atom. The fourth-order valence-electron chi connectivity index (χ4n) is 4.42. The van der Waals surface area contributed by atoms with Crippen LogP contribution in [0.15, 0.2) is 109 Å². The maximum atomic E-state index is 12.5. The van der Waals surface area contributed by atoms with Crippen molar-refractivity contribution < 1.29 is 14.6 Å². The van der Waals surface area contributed by atoms with Gasteiger partial charge in [-0.3, -0.25) is 4.79 Å². The minimum atomic E-state index is -0.246. The summed E-state index contributed by atoms with van der Waals surface area (Å²) < 4.78 is 8.29. The predicted octanol–water partition coefficient (Wildman–Crippen LogP) is 7.44. The van der Waals surface area contributed by atoms with Gasteiger partial charge < -0.3 is 14.4 Å². The first-order valence-electron chi connectivity index (χ1n) is 11.9. The van der Waals surface area contributed by atoms with Gasteiger partial charge in [0.05, 0.1) is 6.61 Å². The number of hydrogen-bond acceptors (Lipinski definition) is 3. The van der Waals surface area contributed by atoms with Gasteiger partial charge in [-0.05, 0) is 49.2 Å². The molecule has 0 saturated carbocycles. The molecule has 1 N–H and O–H groups in total. The van der Waals surface area contributed by atoms with Crippen LogP contribution in [0, 0.1) is 0 Å². The fourth-order valence-corrected chi connectivity index (χ4v) is 4.42. The number of carbonyl (C=O) groups is 1. The van der Waals surface area contributed by atoms with Gasteiger partial charge in [0.1, 0.15) is 11.5 Å². The number of rotatable bonds is 9. The SMILES string of the molecule is O=C(/C=C(\O)c1ccccc1)c1ccc(OCCCCn2c3ccccc3c3ccccc32)cc1. The number of ether oxygens (including phenoxy) is 1. The number of fused-ring (bicyclic) bond motifs is 3. The zero-order chi connectivity index (χ0) is 24.0. The van der Waals surface area contributed by atoms with Crippen molar-refractivity contribution in [3.05, 3.63) is 120 Å². The average molecular weight is 462 g/mol. The predicted molar refractivity (Wildman–Crippen MR) is 142 cm³/mol. The van der Waals surface area contributed by atoms with E-state index in [0.29, 0.717) is 17.7 Å². The number of benzene rings is 4. The molecule has 0 atom stereocenters. The molecule has 0 aliphatic carbocycles. The fraction of sp³-hybridized carbons (Fsp3) is 0.129. The van der Waals surface area contributed by atoms with E-state index in [1.807, 2.05) is 18.2 Å². The van der Waals surface area contributed by atoms with Gasteiger partial charge in [-0.1, -0.05) is 66.7 Å². The second-order valence-electron chi connectivity index (χ2n) is 8.53. The molecular weight excluding hydrogens is 434 g/mol. The standard InChI is InChI=1S/C31H27NO3/c33-30(23-10-2-1-3-11-23)22-31(34)24-16-18-25(19-17-24)35-21-9-8-20-32-28-14-6-4-12-26(28)27-13-5-7-15-29(27)32/h1-7,10-19,22,33H,8-9,20-21H2/b30-22-. The molecule has 4 aromatic carbocycles. The van der Waals surface area contributed by atoms with Gasteiger partial charge >= 0.3 is 0 Å². The molecule has 0 unspecified atom stereocenters. The molecule has 0 fully saturated rings. The van der Waals surface area contributed by atoms with Gasteiger partial charge in [0, 0.05) is 45.6 Å². The van der Waals surface area contributed by atoms with Gasteiger partial charge in [0.15, 0.2) is 5.78 Å². The molecule has 0 aliphatic heterocycles. The smallest absolute Gasteiger partial charge is 0.189 e. The van der Waals surface area contributed by atoms with E-state index >= 15 is 0 Å². The summed E-state index contributed by atoms with van der Waals surface area (Å²) in [7, 11) is 0. The first-order chi connectivity index (χ1) is 17.2. The lowest BCUT2D eigenvalue weighted by molar-refractivity contribution is 0.104. The van der Waals surface area contributed by atoms with Gasteiger partial charge in [0.25, 0.3) is 0 Å². The number of hydrogen-bond donors (Lipinski definition) is 1. The van der Waals surface area contributed by atoms with E-state index < -0.39 is 0 Å². The summed E-state index contributed by atoms with van der Waals surface area (Å²) in [5.41, 5.74) is 3.65. The Bertz CT molecular complexity index is 1430. The zero-order valence-electron chi connectivity index (χ0n) is 19.4. The summed E-state index contributed by atoms with van der Waals surface area (Å²) in [6.07, 6.45) is 3.18. The Balaban J connectivity index is 1.15. The summed E-state index contributed by atoms with van der Waals surface area (Å²) in [5, 5.41) is 12.8. The lowest BCUT2D eigenvalue weighted by Crippen LogP contribution is -2.02. The van der Waals surface area contributed by atoms with Gasteiger partial charge in [-0.15, -0.1) is 0 Å². The molecule has 0 radical (unpaired) electrons. The van der Waals surface area contributed by atoms with E-state index in [9.17, 15) is 9.90 Å². The van der Waals surface area contributed by atoms with Crippen molar-refractivity contribution in [1.82, 2.24) is 4.57 Å². The molecule has 0 spiro atoms. The molecule has 0 bridgehead atoms. The minimum Gasteiger partial charge on any atom is -0.507 e. The molecule has 0 aliphatic rings. The van der Waals surface area contributed by atoms with E-state index in [2.05, 4.69) is 53.1 Å². The van der Waals surface area contributed by atoms with Crippen LogP contribution in [0.3, 0.4) is 0 Å². The molecule has 35 heavy (non-hydrogen) atoms. The lowest BCUT2D eigenvalue weighted by atomic mass is 10.1. The third-order valence-electron chi connectivity index (χ3n) is 6.20. The first kappa shape index (κ1) is 22.5. The number of carbonyl (C=O) groups excluding carboxylic acids is 1. The minimum absolute atomic E-state index is 0.0424. The largest absolute Gasteiger partial charge is 0.507 e. The highest BCUT2D eigenvalue weighted by molar-refractivity contribution is 6.08. The molecule has 0 amide bonds. The van der Waals surface area contributed by atoms with Crippen molar-refractivity contribution >= 4 is 33.3 Å². The molecule has 1 aromatic heterocycles. The molecule has 5 aromatic rings. The number of unbranched alkanes of at least 4 members (excludes halogenated alkanes) is 1. The average Bonchev–Trinajstić information content (AvgIpc) is 3.23. The van der Waals surface area contributed by atoms with Gasteiger partial charge in [0.2, 0.25) is 0 Å². The van der Waals surface area contributed by atoms with E-state index in [1.165, 1.54) is 27.9 Å². The summed E-state index contributed by atoms with van der Waals surface area (Å²) in [6, 6.07) is 33.2. The third-order valence-corrected chi connectivity index (χ3v) is 6.20. The quantitative estimate of drug-likeness (QED) is 0.107. The van der Waals surface area contributed by atoms with Crippen molar-refractivity contribution in [2.45, 2.75) is 19.4 Å². The highest BCUT2D eigenvalue weighted by atomic mass is 16.5. The number of aliphatic hydroxyl groups is 1. The Kier molecular flexibility index (Phi) is 6.62. The second-order valence-corrected chi connectivity index (χ2v) is 8.53. The van der Waals surface area contributed by atoms with E-state index in [-0.39, 0.29) is 11.5 Å². The van der Waals surface area contributed by atoms with Crippen LogP contribution >= 0.6 is 0 Å². The monoisotopic (exact) mass is 461 g/mol. The molecule has 1 heterocycles. The summed E-state index contributed by atoms with van der Waals surface area (Å²) >= 11 is 0. The molecular formula is C31H27NO3. The lowest BCUT2D eigenvalue weighted by Gasteiger charge is -2.09. The first-order valence-corrected chi connectivity index (χ1v) is 11.9. The van der Waals surface area contributed by atoms with Crippen LogP contribution in [0.1, 0.15) is 28.8 Å². The number of nitrogens with zero attached hydrogens (tertiary/aromatic N) is 1. The number of aryl methyl sites for hydroxylation is 1.